The highest BCUT2D eigenvalue weighted by Gasteiger charge is 2.22. The minimum atomic E-state index is -0.850. The van der Waals surface area contributed by atoms with Crippen molar-refractivity contribution in [3.8, 4) is 11.5 Å². The summed E-state index contributed by atoms with van der Waals surface area (Å²) in [5.74, 6) is -0.126. The van der Waals surface area contributed by atoms with Crippen molar-refractivity contribution in [2.45, 2.75) is 50.8 Å². The van der Waals surface area contributed by atoms with Gasteiger partial charge in [0.25, 0.3) is 0 Å². The van der Waals surface area contributed by atoms with Crippen LogP contribution in [0.3, 0.4) is 0 Å². The number of aliphatic hydroxyl groups is 1. The molecule has 6 nitrogen and oxygen atoms in total. The SMILES string of the molecule is C[C@H](Cc1cccc(CC(=O)NC2Cc3ccccc3C2)c1)NC[C@H](O)c1cc(O)cc(O)c1. The second-order valence-corrected chi connectivity index (χ2v) is 9.25. The van der Waals surface area contributed by atoms with Gasteiger partial charge in [0.05, 0.1) is 12.5 Å². The van der Waals surface area contributed by atoms with E-state index in [1.807, 2.05) is 37.3 Å². The van der Waals surface area contributed by atoms with E-state index in [2.05, 4.69) is 28.8 Å². The van der Waals surface area contributed by atoms with E-state index in [1.54, 1.807) is 0 Å². The van der Waals surface area contributed by atoms with Gasteiger partial charge in [0.2, 0.25) is 5.91 Å². The maximum absolute atomic E-state index is 12.6. The smallest absolute Gasteiger partial charge is 0.224 e. The number of hydrogen-bond donors (Lipinski definition) is 5. The molecule has 0 fully saturated rings. The van der Waals surface area contributed by atoms with E-state index in [0.29, 0.717) is 12.0 Å². The molecule has 1 aliphatic rings. The molecule has 34 heavy (non-hydrogen) atoms. The molecule has 3 aromatic rings. The van der Waals surface area contributed by atoms with Crippen LogP contribution in [0.4, 0.5) is 0 Å². The van der Waals surface area contributed by atoms with Gasteiger partial charge in [-0.1, -0.05) is 48.5 Å². The van der Waals surface area contributed by atoms with Crippen LogP contribution in [0.25, 0.3) is 0 Å². The first-order chi connectivity index (χ1) is 16.4. The molecule has 0 spiro atoms. The van der Waals surface area contributed by atoms with Crippen molar-refractivity contribution in [3.63, 3.8) is 0 Å². The number of nitrogens with one attached hydrogen (secondary N) is 2. The lowest BCUT2D eigenvalue weighted by Crippen LogP contribution is -2.36. The number of amides is 1. The third-order valence-electron chi connectivity index (χ3n) is 6.28. The van der Waals surface area contributed by atoms with Crippen molar-refractivity contribution in [1.82, 2.24) is 10.6 Å². The normalized spacial score (nSPS) is 15.0. The third-order valence-corrected chi connectivity index (χ3v) is 6.28. The van der Waals surface area contributed by atoms with Crippen molar-refractivity contribution >= 4 is 5.91 Å². The number of aliphatic hydroxyl groups excluding tert-OH is 1. The fourth-order valence-electron chi connectivity index (χ4n) is 4.66. The first-order valence-electron chi connectivity index (χ1n) is 11.7. The molecular formula is C28H32N2O4. The topological polar surface area (TPSA) is 102 Å². The van der Waals surface area contributed by atoms with E-state index < -0.39 is 6.10 Å². The molecule has 2 atom stereocenters. The fraction of sp³-hybridized carbons (Fsp3) is 0.321. The Morgan fingerprint density at radius 2 is 1.59 bits per heavy atom. The monoisotopic (exact) mass is 460 g/mol. The number of fused-ring (bicyclic) bond motifs is 1. The zero-order valence-corrected chi connectivity index (χ0v) is 19.4. The molecule has 1 aliphatic carbocycles. The van der Waals surface area contributed by atoms with Gasteiger partial charge in [-0.3, -0.25) is 4.79 Å². The number of phenols is 2. The number of phenolic OH excluding ortho intramolecular Hbond substituents is 2. The Morgan fingerprint density at radius 1 is 0.941 bits per heavy atom. The maximum atomic E-state index is 12.6. The Kier molecular flexibility index (Phi) is 7.50. The summed E-state index contributed by atoms with van der Waals surface area (Å²) in [6.07, 6.45) is 2.02. The van der Waals surface area contributed by atoms with Gasteiger partial charge in [0.15, 0.2) is 0 Å². The van der Waals surface area contributed by atoms with Crippen LogP contribution < -0.4 is 10.6 Å². The predicted molar refractivity (Wildman–Crippen MR) is 132 cm³/mol. The van der Waals surface area contributed by atoms with E-state index in [9.17, 15) is 20.1 Å². The van der Waals surface area contributed by atoms with Crippen molar-refractivity contribution < 1.29 is 20.1 Å². The van der Waals surface area contributed by atoms with E-state index in [4.69, 9.17) is 0 Å². The van der Waals surface area contributed by atoms with Gasteiger partial charge in [-0.05, 0) is 66.1 Å². The van der Waals surface area contributed by atoms with Crippen molar-refractivity contribution in [1.29, 1.82) is 0 Å². The lowest BCUT2D eigenvalue weighted by molar-refractivity contribution is -0.121. The second-order valence-electron chi connectivity index (χ2n) is 9.25. The van der Waals surface area contributed by atoms with Crippen LogP contribution in [-0.2, 0) is 30.5 Å². The fourth-order valence-corrected chi connectivity index (χ4v) is 4.66. The average Bonchev–Trinajstić information content (AvgIpc) is 3.19. The number of aromatic hydroxyl groups is 2. The van der Waals surface area contributed by atoms with Crippen molar-refractivity contribution in [2.24, 2.45) is 0 Å². The average molecular weight is 461 g/mol. The largest absolute Gasteiger partial charge is 0.508 e. The van der Waals surface area contributed by atoms with E-state index >= 15 is 0 Å². The Bertz CT molecular complexity index is 1100. The molecule has 0 saturated carbocycles. The molecule has 0 unspecified atom stereocenters. The van der Waals surface area contributed by atoms with Crippen molar-refractivity contribution in [2.75, 3.05) is 6.54 Å². The summed E-state index contributed by atoms with van der Waals surface area (Å²) in [6, 6.07) is 20.8. The quantitative estimate of drug-likeness (QED) is 0.338. The number of rotatable bonds is 9. The van der Waals surface area contributed by atoms with Gasteiger partial charge in [0.1, 0.15) is 11.5 Å². The van der Waals surface area contributed by atoms with Crippen molar-refractivity contribution in [3.05, 3.63) is 94.5 Å². The zero-order chi connectivity index (χ0) is 24.1. The van der Waals surface area contributed by atoms with Crippen LogP contribution in [0.1, 0.15) is 40.8 Å². The summed E-state index contributed by atoms with van der Waals surface area (Å²) >= 11 is 0. The van der Waals surface area contributed by atoms with E-state index in [-0.39, 0.29) is 36.0 Å². The molecule has 4 rings (SSSR count). The van der Waals surface area contributed by atoms with Gasteiger partial charge >= 0.3 is 0 Å². The number of carbonyl (C=O) groups is 1. The molecule has 178 valence electrons. The lowest BCUT2D eigenvalue weighted by Gasteiger charge is -2.18. The van der Waals surface area contributed by atoms with Gasteiger partial charge in [-0.15, -0.1) is 0 Å². The zero-order valence-electron chi connectivity index (χ0n) is 19.4. The van der Waals surface area contributed by atoms with E-state index in [0.717, 1.165) is 30.4 Å². The lowest BCUT2D eigenvalue weighted by atomic mass is 10.0. The second kappa shape index (κ2) is 10.7. The van der Waals surface area contributed by atoms with Crippen LogP contribution in [-0.4, -0.2) is 39.9 Å². The van der Waals surface area contributed by atoms with Gasteiger partial charge in [0, 0.05) is 24.7 Å². The molecule has 6 heteroatoms. The highest BCUT2D eigenvalue weighted by molar-refractivity contribution is 5.79. The van der Waals surface area contributed by atoms with Crippen LogP contribution in [0.15, 0.2) is 66.7 Å². The van der Waals surface area contributed by atoms with Gasteiger partial charge in [-0.25, -0.2) is 0 Å². The molecule has 0 bridgehead atoms. The highest BCUT2D eigenvalue weighted by atomic mass is 16.3. The molecular weight excluding hydrogens is 428 g/mol. The Balaban J connectivity index is 1.25. The van der Waals surface area contributed by atoms with Crippen LogP contribution in [0.2, 0.25) is 0 Å². The van der Waals surface area contributed by atoms with Gasteiger partial charge < -0.3 is 26.0 Å². The van der Waals surface area contributed by atoms with Crippen LogP contribution >= 0.6 is 0 Å². The summed E-state index contributed by atoms with van der Waals surface area (Å²) in [7, 11) is 0. The minimum Gasteiger partial charge on any atom is -0.508 e. The number of hydrogen-bond acceptors (Lipinski definition) is 5. The number of benzene rings is 3. The predicted octanol–water partition coefficient (Wildman–Crippen LogP) is 3.18. The Morgan fingerprint density at radius 3 is 2.26 bits per heavy atom. The minimum absolute atomic E-state index is 0.0404. The first kappa shape index (κ1) is 23.8. The summed E-state index contributed by atoms with van der Waals surface area (Å²) < 4.78 is 0. The molecule has 3 aromatic carbocycles. The molecule has 0 heterocycles. The molecule has 1 amide bonds. The summed E-state index contributed by atoms with van der Waals surface area (Å²) in [5.41, 5.74) is 5.19. The highest BCUT2D eigenvalue weighted by Crippen LogP contribution is 2.25. The summed E-state index contributed by atoms with van der Waals surface area (Å²) in [6.45, 7) is 2.32. The Hall–Kier alpha value is -3.35. The summed E-state index contributed by atoms with van der Waals surface area (Å²) in [4.78, 5) is 12.6. The Labute approximate surface area is 200 Å². The van der Waals surface area contributed by atoms with Crippen LogP contribution in [0, 0.1) is 0 Å². The molecule has 0 aromatic heterocycles. The number of carbonyl (C=O) groups excluding carboxylic acids is 1. The standard InChI is InChI=1S/C28H32N2O4/c1-18(29-17-27(33)23-14-25(31)16-26(32)15-23)9-19-5-4-6-20(10-19)11-28(34)30-24-12-21-7-2-3-8-22(21)13-24/h2-8,10,14-16,18,24,27,29,31-33H,9,11-13,17H2,1H3,(H,30,34)/t18-,27+/m1/s1. The molecule has 0 aliphatic heterocycles. The molecule has 0 saturated heterocycles. The molecule has 5 N–H and O–H groups in total. The van der Waals surface area contributed by atoms with E-state index in [1.165, 1.54) is 29.3 Å². The first-order valence-corrected chi connectivity index (χ1v) is 11.7. The third kappa shape index (κ3) is 6.37. The maximum Gasteiger partial charge on any atom is 0.224 e. The van der Waals surface area contributed by atoms with Gasteiger partial charge in [-0.2, -0.15) is 0 Å². The van der Waals surface area contributed by atoms with Crippen LogP contribution in [0.5, 0.6) is 11.5 Å². The molecule has 0 radical (unpaired) electrons. The summed E-state index contributed by atoms with van der Waals surface area (Å²) in [5, 5.41) is 36.0.